The van der Waals surface area contributed by atoms with Gasteiger partial charge in [0.2, 0.25) is 5.91 Å². The fourth-order valence-electron chi connectivity index (χ4n) is 8.77. The predicted molar refractivity (Wildman–Crippen MR) is 264 cm³/mol. The van der Waals surface area contributed by atoms with Crippen LogP contribution in [-0.4, -0.2) is 86.7 Å². The molecule has 0 bridgehead atoms. The van der Waals surface area contributed by atoms with Crippen molar-refractivity contribution in [3.63, 3.8) is 0 Å². The molecular formula is C54H103N3O5. The van der Waals surface area contributed by atoms with E-state index < -0.39 is 5.54 Å². The van der Waals surface area contributed by atoms with E-state index in [0.717, 1.165) is 45.1 Å². The van der Waals surface area contributed by atoms with Crippen LogP contribution in [0.3, 0.4) is 0 Å². The van der Waals surface area contributed by atoms with Crippen molar-refractivity contribution in [1.29, 1.82) is 0 Å². The maximum absolute atomic E-state index is 13.9. The van der Waals surface area contributed by atoms with Gasteiger partial charge in [0.15, 0.2) is 5.54 Å². The van der Waals surface area contributed by atoms with Gasteiger partial charge in [-0.25, -0.2) is 0 Å². The number of hydrogen-bond acceptors (Lipinski definition) is 6. The molecule has 8 heteroatoms. The van der Waals surface area contributed by atoms with Crippen molar-refractivity contribution in [2.45, 2.75) is 257 Å². The molecule has 1 unspecified atom stereocenters. The highest BCUT2D eigenvalue weighted by atomic mass is 16.5. The van der Waals surface area contributed by atoms with Crippen molar-refractivity contribution in [1.82, 2.24) is 15.1 Å². The lowest BCUT2D eigenvalue weighted by atomic mass is 9.92. The number of carbonyl (C=O) groups is 3. The Morgan fingerprint density at radius 3 is 1.50 bits per heavy atom. The topological polar surface area (TPSA) is 88.2 Å². The number of nitrogens with one attached hydrogen (secondary N) is 1. The molecule has 0 saturated carbocycles. The average Bonchev–Trinajstić information content (AvgIpc) is 3.24. The van der Waals surface area contributed by atoms with Crippen molar-refractivity contribution in [2.24, 2.45) is 5.92 Å². The largest absolute Gasteiger partial charge is 0.465 e. The third-order valence-corrected chi connectivity index (χ3v) is 13.1. The number of esters is 1. The van der Waals surface area contributed by atoms with Crippen LogP contribution in [0.15, 0.2) is 12.2 Å². The SMILES string of the molecule is CCCCCCCC/C=C\CCCCCCCCNC(=O)C1(N(CCCCN(C)C)C(=O)CCCCC(=O)OCC(CCCCCCCC)CCCCCCCCCC)COC1. The van der Waals surface area contributed by atoms with E-state index in [1.54, 1.807) is 0 Å². The number of rotatable bonds is 46. The van der Waals surface area contributed by atoms with Crippen LogP contribution in [0.5, 0.6) is 0 Å². The standard InChI is InChI=1S/C54H103N3O5/c1-6-9-12-15-18-20-21-22-23-24-25-26-27-29-32-37-44-55-53(60)54(48-61-49-54)57(46-39-38-45-56(4)5)51(58)42-35-36-43-52(59)62-47-50(40-33-30-17-14-11-8-3)41-34-31-28-19-16-13-10-7-2/h22-23,50H,6-21,24-49H2,1-5H3,(H,55,60)/b23-22-. The monoisotopic (exact) mass is 874 g/mol. The highest BCUT2D eigenvalue weighted by Crippen LogP contribution is 2.28. The summed E-state index contributed by atoms with van der Waals surface area (Å²) in [6.07, 6.45) is 46.5. The second kappa shape index (κ2) is 41.8. The highest BCUT2D eigenvalue weighted by Gasteiger charge is 2.52. The second-order valence-corrected chi connectivity index (χ2v) is 19.4. The van der Waals surface area contributed by atoms with Gasteiger partial charge in [-0.15, -0.1) is 0 Å². The van der Waals surface area contributed by atoms with Gasteiger partial charge < -0.3 is 24.6 Å². The van der Waals surface area contributed by atoms with Crippen LogP contribution in [0.25, 0.3) is 0 Å². The fraction of sp³-hybridized carbons (Fsp3) is 0.907. The summed E-state index contributed by atoms with van der Waals surface area (Å²) in [5.41, 5.74) is -0.934. The zero-order chi connectivity index (χ0) is 45.2. The maximum Gasteiger partial charge on any atom is 0.305 e. The number of amides is 2. The lowest BCUT2D eigenvalue weighted by Gasteiger charge is -2.48. The lowest BCUT2D eigenvalue weighted by molar-refractivity contribution is -0.180. The Kier molecular flexibility index (Phi) is 39.1. The summed E-state index contributed by atoms with van der Waals surface area (Å²) < 4.78 is 11.5. The van der Waals surface area contributed by atoms with E-state index in [-0.39, 0.29) is 31.0 Å². The summed E-state index contributed by atoms with van der Waals surface area (Å²) in [5, 5.41) is 3.18. The number of carbonyl (C=O) groups excluding carboxylic acids is 3. The third kappa shape index (κ3) is 31.0. The lowest BCUT2D eigenvalue weighted by Crippen LogP contribution is -2.71. The smallest absolute Gasteiger partial charge is 0.305 e. The molecule has 1 aliphatic rings. The summed E-state index contributed by atoms with van der Waals surface area (Å²) in [7, 11) is 4.12. The molecule has 1 aliphatic heterocycles. The summed E-state index contributed by atoms with van der Waals surface area (Å²) in [6.45, 7) is 9.93. The van der Waals surface area contributed by atoms with Crippen LogP contribution in [-0.2, 0) is 23.9 Å². The molecule has 0 aromatic heterocycles. The maximum atomic E-state index is 13.9. The molecule has 1 rings (SSSR count). The molecule has 1 heterocycles. The Labute approximate surface area is 384 Å². The first kappa shape index (κ1) is 58.1. The fourth-order valence-corrected chi connectivity index (χ4v) is 8.77. The van der Waals surface area contributed by atoms with E-state index in [1.165, 1.54) is 167 Å². The molecule has 1 atom stereocenters. The van der Waals surface area contributed by atoms with Gasteiger partial charge in [0, 0.05) is 25.9 Å². The van der Waals surface area contributed by atoms with Gasteiger partial charge in [-0.1, -0.05) is 181 Å². The van der Waals surface area contributed by atoms with Crippen molar-refractivity contribution < 1.29 is 23.9 Å². The Hall–Kier alpha value is -1.93. The summed E-state index contributed by atoms with van der Waals surface area (Å²) in [6, 6.07) is 0. The highest BCUT2D eigenvalue weighted by molar-refractivity contribution is 5.92. The number of allylic oxidation sites excluding steroid dienone is 2. The normalized spacial score (nSPS) is 14.0. The molecule has 364 valence electrons. The molecule has 0 aliphatic carbocycles. The van der Waals surface area contributed by atoms with Crippen LogP contribution in [0.2, 0.25) is 0 Å². The summed E-state index contributed by atoms with van der Waals surface area (Å²) in [4.78, 5) is 44.5. The van der Waals surface area contributed by atoms with Gasteiger partial charge in [0.05, 0.1) is 19.8 Å². The van der Waals surface area contributed by atoms with Crippen molar-refractivity contribution >= 4 is 17.8 Å². The van der Waals surface area contributed by atoms with E-state index >= 15 is 0 Å². The van der Waals surface area contributed by atoms with E-state index in [4.69, 9.17) is 9.47 Å². The Balaban J connectivity index is 2.49. The van der Waals surface area contributed by atoms with Crippen molar-refractivity contribution in [3.8, 4) is 0 Å². The molecule has 1 fully saturated rings. The van der Waals surface area contributed by atoms with Crippen LogP contribution >= 0.6 is 0 Å². The minimum absolute atomic E-state index is 0.0108. The van der Waals surface area contributed by atoms with E-state index in [0.29, 0.717) is 51.3 Å². The van der Waals surface area contributed by atoms with Crippen LogP contribution in [0.1, 0.15) is 252 Å². The van der Waals surface area contributed by atoms with Gasteiger partial charge in [0.1, 0.15) is 0 Å². The molecular weight excluding hydrogens is 771 g/mol. The Morgan fingerprint density at radius 2 is 1.02 bits per heavy atom. The average molecular weight is 874 g/mol. The number of nitrogens with zero attached hydrogens (tertiary/aromatic N) is 2. The predicted octanol–water partition coefficient (Wildman–Crippen LogP) is 14.1. The summed E-state index contributed by atoms with van der Waals surface area (Å²) in [5.74, 6) is 0.213. The molecule has 0 aromatic carbocycles. The third-order valence-electron chi connectivity index (χ3n) is 13.1. The van der Waals surface area contributed by atoms with E-state index in [2.05, 4.69) is 57.2 Å². The van der Waals surface area contributed by atoms with Crippen LogP contribution in [0, 0.1) is 5.92 Å². The molecule has 62 heavy (non-hydrogen) atoms. The first-order valence-electron chi connectivity index (χ1n) is 26.9. The van der Waals surface area contributed by atoms with Crippen LogP contribution < -0.4 is 5.32 Å². The van der Waals surface area contributed by atoms with Gasteiger partial charge in [0.25, 0.3) is 5.91 Å². The first-order valence-corrected chi connectivity index (χ1v) is 26.9. The van der Waals surface area contributed by atoms with Crippen LogP contribution in [0.4, 0.5) is 0 Å². The van der Waals surface area contributed by atoms with Gasteiger partial charge >= 0.3 is 5.97 Å². The van der Waals surface area contributed by atoms with Gasteiger partial charge in [-0.3, -0.25) is 14.4 Å². The first-order chi connectivity index (χ1) is 30.3. The van der Waals surface area contributed by atoms with E-state index in [9.17, 15) is 14.4 Å². The molecule has 1 saturated heterocycles. The quantitative estimate of drug-likeness (QED) is 0.0372. The zero-order valence-corrected chi connectivity index (χ0v) is 41.9. The zero-order valence-electron chi connectivity index (χ0n) is 41.9. The molecule has 1 N–H and O–H groups in total. The molecule has 0 spiro atoms. The van der Waals surface area contributed by atoms with Gasteiger partial charge in [-0.05, 0) is 97.2 Å². The Morgan fingerprint density at radius 1 is 0.565 bits per heavy atom. The second-order valence-electron chi connectivity index (χ2n) is 19.4. The molecule has 0 aromatic rings. The van der Waals surface area contributed by atoms with Gasteiger partial charge in [-0.2, -0.15) is 0 Å². The van der Waals surface area contributed by atoms with E-state index in [1.807, 2.05) is 4.90 Å². The number of hydrogen-bond donors (Lipinski definition) is 1. The molecule has 2 amide bonds. The molecule has 0 radical (unpaired) electrons. The minimum atomic E-state index is -0.934. The Bertz CT molecular complexity index is 1080. The van der Waals surface area contributed by atoms with Crippen molar-refractivity contribution in [3.05, 3.63) is 12.2 Å². The number of unbranched alkanes of at least 4 members (excludes halogenated alkanes) is 26. The van der Waals surface area contributed by atoms with Crippen molar-refractivity contribution in [2.75, 3.05) is 53.6 Å². The molecule has 8 nitrogen and oxygen atoms in total. The minimum Gasteiger partial charge on any atom is -0.465 e. The summed E-state index contributed by atoms with van der Waals surface area (Å²) >= 11 is 0. The number of ether oxygens (including phenoxy) is 2.